The molecule has 3 heteroatoms. The van der Waals surface area contributed by atoms with Crippen LogP contribution >= 0.6 is 0 Å². The highest BCUT2D eigenvalue weighted by atomic mass is 16.5. The molecule has 0 bridgehead atoms. The number of aromatic nitrogens is 1. The van der Waals surface area contributed by atoms with E-state index < -0.39 is 0 Å². The van der Waals surface area contributed by atoms with E-state index in [1.54, 1.807) is 14.2 Å². The van der Waals surface area contributed by atoms with Crippen LogP contribution in [-0.2, 0) is 11.3 Å². The summed E-state index contributed by atoms with van der Waals surface area (Å²) in [6.07, 6.45) is 2.09. The standard InChI is InChI=1S/C13H17NO2/c1-10-8-11-4-5-14(6-7-15-2)12(11)9-13(10)16-3/h4-5,8-9H,6-7H2,1-3H3. The average Bonchev–Trinajstić information content (AvgIpc) is 2.67. The van der Waals surface area contributed by atoms with Gasteiger partial charge in [0.2, 0.25) is 0 Å². The van der Waals surface area contributed by atoms with Gasteiger partial charge in [0.05, 0.1) is 19.2 Å². The van der Waals surface area contributed by atoms with Gasteiger partial charge in [-0.15, -0.1) is 0 Å². The second kappa shape index (κ2) is 4.58. The number of ether oxygens (including phenoxy) is 2. The molecular weight excluding hydrogens is 202 g/mol. The third kappa shape index (κ3) is 1.91. The zero-order valence-corrected chi connectivity index (χ0v) is 9.99. The lowest BCUT2D eigenvalue weighted by molar-refractivity contribution is 0.188. The molecular formula is C13H17NO2. The van der Waals surface area contributed by atoms with Crippen molar-refractivity contribution in [2.45, 2.75) is 13.5 Å². The second-order valence-corrected chi connectivity index (χ2v) is 3.88. The summed E-state index contributed by atoms with van der Waals surface area (Å²) in [5, 5.41) is 1.24. The van der Waals surface area contributed by atoms with E-state index in [0.717, 1.165) is 18.9 Å². The maximum Gasteiger partial charge on any atom is 0.123 e. The van der Waals surface area contributed by atoms with Crippen LogP contribution in [0.2, 0.25) is 0 Å². The molecule has 0 atom stereocenters. The van der Waals surface area contributed by atoms with Gasteiger partial charge in [-0.05, 0) is 24.6 Å². The number of methoxy groups -OCH3 is 2. The fraction of sp³-hybridized carbons (Fsp3) is 0.385. The highest BCUT2D eigenvalue weighted by molar-refractivity contribution is 5.82. The molecule has 2 aromatic rings. The topological polar surface area (TPSA) is 23.4 Å². The Balaban J connectivity index is 2.45. The summed E-state index contributed by atoms with van der Waals surface area (Å²) in [5.74, 6) is 0.935. The predicted octanol–water partition coefficient (Wildman–Crippen LogP) is 2.60. The highest BCUT2D eigenvalue weighted by Gasteiger charge is 2.05. The largest absolute Gasteiger partial charge is 0.496 e. The van der Waals surface area contributed by atoms with Crippen LogP contribution in [0, 0.1) is 6.92 Å². The van der Waals surface area contributed by atoms with Gasteiger partial charge < -0.3 is 14.0 Å². The van der Waals surface area contributed by atoms with E-state index in [1.165, 1.54) is 16.5 Å². The van der Waals surface area contributed by atoms with Crippen molar-refractivity contribution in [2.24, 2.45) is 0 Å². The third-order valence-corrected chi connectivity index (χ3v) is 2.82. The summed E-state index contributed by atoms with van der Waals surface area (Å²) in [5.41, 5.74) is 2.36. The molecule has 0 N–H and O–H groups in total. The van der Waals surface area contributed by atoms with Crippen molar-refractivity contribution < 1.29 is 9.47 Å². The summed E-state index contributed by atoms with van der Waals surface area (Å²) in [7, 11) is 3.42. The van der Waals surface area contributed by atoms with Crippen molar-refractivity contribution in [2.75, 3.05) is 20.8 Å². The normalized spacial score (nSPS) is 10.9. The number of hydrogen-bond donors (Lipinski definition) is 0. The number of hydrogen-bond acceptors (Lipinski definition) is 2. The van der Waals surface area contributed by atoms with E-state index in [2.05, 4.69) is 35.9 Å². The minimum absolute atomic E-state index is 0.722. The Morgan fingerprint density at radius 2 is 2.06 bits per heavy atom. The first-order valence-electron chi connectivity index (χ1n) is 5.38. The van der Waals surface area contributed by atoms with Crippen LogP contribution in [0.25, 0.3) is 10.9 Å². The number of rotatable bonds is 4. The Morgan fingerprint density at radius 3 is 2.75 bits per heavy atom. The summed E-state index contributed by atoms with van der Waals surface area (Å²) in [4.78, 5) is 0. The quantitative estimate of drug-likeness (QED) is 0.789. The molecule has 0 spiro atoms. The van der Waals surface area contributed by atoms with E-state index in [4.69, 9.17) is 9.47 Å². The van der Waals surface area contributed by atoms with Crippen molar-refractivity contribution in [3.63, 3.8) is 0 Å². The van der Waals surface area contributed by atoms with Gasteiger partial charge in [0.1, 0.15) is 5.75 Å². The molecule has 2 rings (SSSR count). The Bertz CT molecular complexity index is 488. The molecule has 0 aliphatic rings. The molecule has 0 aliphatic heterocycles. The van der Waals surface area contributed by atoms with E-state index in [0.29, 0.717) is 0 Å². The molecule has 1 aromatic heterocycles. The van der Waals surface area contributed by atoms with Crippen molar-refractivity contribution >= 4 is 10.9 Å². The maximum atomic E-state index is 5.34. The minimum Gasteiger partial charge on any atom is -0.496 e. The van der Waals surface area contributed by atoms with Gasteiger partial charge in [0.25, 0.3) is 0 Å². The molecule has 16 heavy (non-hydrogen) atoms. The first-order chi connectivity index (χ1) is 7.76. The molecule has 3 nitrogen and oxygen atoms in total. The lowest BCUT2D eigenvalue weighted by Crippen LogP contribution is -2.02. The van der Waals surface area contributed by atoms with E-state index in [1.807, 2.05) is 0 Å². The van der Waals surface area contributed by atoms with Crippen LogP contribution in [-0.4, -0.2) is 25.4 Å². The number of nitrogens with zero attached hydrogens (tertiary/aromatic N) is 1. The Hall–Kier alpha value is -1.48. The third-order valence-electron chi connectivity index (χ3n) is 2.82. The average molecular weight is 219 g/mol. The smallest absolute Gasteiger partial charge is 0.123 e. The Labute approximate surface area is 95.6 Å². The minimum atomic E-state index is 0.722. The van der Waals surface area contributed by atoms with Gasteiger partial charge in [0, 0.05) is 31.3 Å². The van der Waals surface area contributed by atoms with Crippen molar-refractivity contribution in [3.05, 3.63) is 30.0 Å². The van der Waals surface area contributed by atoms with Crippen molar-refractivity contribution in [1.82, 2.24) is 4.57 Å². The second-order valence-electron chi connectivity index (χ2n) is 3.88. The summed E-state index contributed by atoms with van der Waals surface area (Å²) >= 11 is 0. The van der Waals surface area contributed by atoms with Crippen LogP contribution in [0.3, 0.4) is 0 Å². The highest BCUT2D eigenvalue weighted by Crippen LogP contribution is 2.25. The van der Waals surface area contributed by atoms with Gasteiger partial charge in [-0.2, -0.15) is 0 Å². The molecule has 0 saturated heterocycles. The van der Waals surface area contributed by atoms with Gasteiger partial charge in [-0.1, -0.05) is 0 Å². The van der Waals surface area contributed by atoms with Crippen LogP contribution in [0.5, 0.6) is 5.75 Å². The van der Waals surface area contributed by atoms with Crippen LogP contribution < -0.4 is 4.74 Å². The molecule has 1 heterocycles. The fourth-order valence-electron chi connectivity index (χ4n) is 1.94. The predicted molar refractivity (Wildman–Crippen MR) is 65.1 cm³/mol. The van der Waals surface area contributed by atoms with E-state index in [9.17, 15) is 0 Å². The molecule has 0 aliphatic carbocycles. The van der Waals surface area contributed by atoms with Gasteiger partial charge in [0.15, 0.2) is 0 Å². The van der Waals surface area contributed by atoms with E-state index in [-0.39, 0.29) is 0 Å². The molecule has 0 saturated carbocycles. The van der Waals surface area contributed by atoms with Gasteiger partial charge in [-0.25, -0.2) is 0 Å². The van der Waals surface area contributed by atoms with Gasteiger partial charge >= 0.3 is 0 Å². The Morgan fingerprint density at radius 1 is 1.25 bits per heavy atom. The first-order valence-corrected chi connectivity index (χ1v) is 5.38. The maximum absolute atomic E-state index is 5.34. The Kier molecular flexibility index (Phi) is 3.15. The molecule has 86 valence electrons. The van der Waals surface area contributed by atoms with E-state index >= 15 is 0 Å². The number of benzene rings is 1. The van der Waals surface area contributed by atoms with Crippen LogP contribution in [0.1, 0.15) is 5.56 Å². The van der Waals surface area contributed by atoms with Crippen molar-refractivity contribution in [3.8, 4) is 5.75 Å². The SMILES string of the molecule is COCCn1ccc2cc(C)c(OC)cc21. The lowest BCUT2D eigenvalue weighted by Gasteiger charge is -2.08. The van der Waals surface area contributed by atoms with Crippen LogP contribution in [0.4, 0.5) is 0 Å². The monoisotopic (exact) mass is 219 g/mol. The molecule has 0 amide bonds. The summed E-state index contributed by atoms with van der Waals surface area (Å²) in [6.45, 7) is 3.65. The number of aryl methyl sites for hydroxylation is 1. The van der Waals surface area contributed by atoms with Crippen LogP contribution in [0.15, 0.2) is 24.4 Å². The molecule has 0 unspecified atom stereocenters. The van der Waals surface area contributed by atoms with Gasteiger partial charge in [-0.3, -0.25) is 0 Å². The first kappa shape index (κ1) is 11.0. The number of fused-ring (bicyclic) bond motifs is 1. The van der Waals surface area contributed by atoms with Crippen molar-refractivity contribution in [1.29, 1.82) is 0 Å². The molecule has 0 fully saturated rings. The summed E-state index contributed by atoms with van der Waals surface area (Å²) < 4.78 is 12.6. The lowest BCUT2D eigenvalue weighted by atomic mass is 10.1. The molecule has 0 radical (unpaired) electrons. The molecule has 1 aromatic carbocycles. The zero-order valence-electron chi connectivity index (χ0n) is 9.99. The zero-order chi connectivity index (χ0) is 11.5. The fourth-order valence-corrected chi connectivity index (χ4v) is 1.94. The summed E-state index contributed by atoms with van der Waals surface area (Å²) in [6, 6.07) is 6.36.